The molecule has 0 aliphatic carbocycles. The lowest BCUT2D eigenvalue weighted by atomic mass is 10.1. The molecule has 33 heavy (non-hydrogen) atoms. The van der Waals surface area contributed by atoms with E-state index in [1.54, 1.807) is 43.3 Å². The van der Waals surface area contributed by atoms with Gasteiger partial charge in [0, 0.05) is 11.3 Å². The molecular formula is C26H23N3O4. The van der Waals surface area contributed by atoms with Crippen molar-refractivity contribution >= 4 is 35.0 Å². The Labute approximate surface area is 191 Å². The van der Waals surface area contributed by atoms with Gasteiger partial charge in [-0.25, -0.2) is 0 Å². The van der Waals surface area contributed by atoms with Crippen molar-refractivity contribution in [1.29, 1.82) is 0 Å². The fourth-order valence-corrected chi connectivity index (χ4v) is 3.40. The van der Waals surface area contributed by atoms with Gasteiger partial charge in [-0.3, -0.25) is 9.59 Å². The largest absolute Gasteiger partial charge is 0.493 e. The van der Waals surface area contributed by atoms with E-state index in [4.69, 9.17) is 9.47 Å². The molecule has 7 nitrogen and oxygen atoms in total. The molecule has 0 saturated carbocycles. The first-order valence-corrected chi connectivity index (χ1v) is 10.4. The second-order valence-electron chi connectivity index (χ2n) is 7.28. The lowest BCUT2D eigenvalue weighted by Gasteiger charge is -2.14. The summed E-state index contributed by atoms with van der Waals surface area (Å²) in [6, 6.07) is 23.7. The number of nitrogens with zero attached hydrogens (tertiary/aromatic N) is 2. The van der Waals surface area contributed by atoms with Crippen molar-refractivity contribution in [2.24, 2.45) is 5.10 Å². The molecule has 0 spiro atoms. The first kappa shape index (κ1) is 21.8. The highest BCUT2D eigenvalue weighted by molar-refractivity contribution is 6.32. The van der Waals surface area contributed by atoms with Crippen LogP contribution in [0.5, 0.6) is 11.5 Å². The first-order chi connectivity index (χ1) is 16.1. The minimum absolute atomic E-state index is 0.220. The van der Waals surface area contributed by atoms with E-state index in [1.165, 1.54) is 12.1 Å². The zero-order chi connectivity index (χ0) is 23.2. The van der Waals surface area contributed by atoms with Crippen LogP contribution in [0.1, 0.15) is 12.5 Å². The highest BCUT2D eigenvalue weighted by Crippen LogP contribution is 2.34. The third-order valence-electron chi connectivity index (χ3n) is 5.00. The van der Waals surface area contributed by atoms with Gasteiger partial charge in [-0.2, -0.15) is 10.1 Å². The molecule has 0 saturated heterocycles. The molecule has 3 aromatic rings. The SMILES string of the molecule is COc1cccc(/C=C2/C(=O)N(c3ccccc3)N=C2C)c1OCC(=O)Nc1ccccc1. The number of hydrogen-bond donors (Lipinski definition) is 1. The number of anilines is 2. The van der Waals surface area contributed by atoms with Crippen molar-refractivity contribution in [3.8, 4) is 11.5 Å². The summed E-state index contributed by atoms with van der Waals surface area (Å²) in [5.41, 5.74) is 2.99. The molecule has 4 rings (SSSR count). The smallest absolute Gasteiger partial charge is 0.280 e. The molecule has 0 unspecified atom stereocenters. The van der Waals surface area contributed by atoms with Crippen molar-refractivity contribution in [2.45, 2.75) is 6.92 Å². The van der Waals surface area contributed by atoms with Crippen LogP contribution in [0.4, 0.5) is 11.4 Å². The zero-order valence-corrected chi connectivity index (χ0v) is 18.3. The molecule has 3 aromatic carbocycles. The predicted molar refractivity (Wildman–Crippen MR) is 129 cm³/mol. The molecule has 1 aliphatic rings. The summed E-state index contributed by atoms with van der Waals surface area (Å²) in [6.07, 6.45) is 1.71. The third kappa shape index (κ3) is 4.93. The Morgan fingerprint density at radius 3 is 2.39 bits per heavy atom. The summed E-state index contributed by atoms with van der Waals surface area (Å²) in [5, 5.41) is 8.56. The van der Waals surface area contributed by atoms with Crippen LogP contribution in [0.25, 0.3) is 6.08 Å². The molecule has 0 fully saturated rings. The Hall–Kier alpha value is -4.39. The summed E-state index contributed by atoms with van der Waals surface area (Å²) < 4.78 is 11.3. The Morgan fingerprint density at radius 1 is 1.00 bits per heavy atom. The van der Waals surface area contributed by atoms with Crippen molar-refractivity contribution in [3.05, 3.63) is 90.0 Å². The van der Waals surface area contributed by atoms with Crippen molar-refractivity contribution in [2.75, 3.05) is 24.0 Å². The van der Waals surface area contributed by atoms with Gasteiger partial charge in [0.2, 0.25) is 0 Å². The Balaban J connectivity index is 1.57. The number of hydrazone groups is 1. The standard InChI is InChI=1S/C26H23N3O4/c1-18-22(26(31)29(28-18)21-13-7-4-8-14-21)16-19-10-9-15-23(32-2)25(19)33-17-24(30)27-20-11-5-3-6-12-20/h3-16H,17H2,1-2H3,(H,27,30)/b22-16+. The monoisotopic (exact) mass is 441 g/mol. The maximum absolute atomic E-state index is 13.1. The fraction of sp³-hybridized carbons (Fsp3) is 0.115. The number of carbonyl (C=O) groups excluding carboxylic acids is 2. The summed E-state index contributed by atoms with van der Waals surface area (Å²) in [5.74, 6) is 0.274. The topological polar surface area (TPSA) is 80.2 Å². The summed E-state index contributed by atoms with van der Waals surface area (Å²) in [7, 11) is 1.52. The molecule has 2 amide bonds. The number of para-hydroxylation sites is 3. The highest BCUT2D eigenvalue weighted by Gasteiger charge is 2.29. The number of nitrogens with one attached hydrogen (secondary N) is 1. The number of rotatable bonds is 7. The minimum atomic E-state index is -0.310. The van der Waals surface area contributed by atoms with Gasteiger partial charge in [0.25, 0.3) is 11.8 Å². The van der Waals surface area contributed by atoms with Crippen molar-refractivity contribution in [1.82, 2.24) is 0 Å². The quantitative estimate of drug-likeness (QED) is 0.547. The van der Waals surface area contributed by atoms with Gasteiger partial charge in [0.15, 0.2) is 18.1 Å². The molecule has 1 aliphatic heterocycles. The van der Waals surface area contributed by atoms with Crippen LogP contribution in [-0.2, 0) is 9.59 Å². The average Bonchev–Trinajstić information content (AvgIpc) is 3.12. The van der Waals surface area contributed by atoms with E-state index < -0.39 is 0 Å². The van der Waals surface area contributed by atoms with Gasteiger partial charge >= 0.3 is 0 Å². The molecule has 0 radical (unpaired) electrons. The molecule has 1 heterocycles. The van der Waals surface area contributed by atoms with Crippen LogP contribution < -0.4 is 19.8 Å². The maximum Gasteiger partial charge on any atom is 0.280 e. The number of ether oxygens (including phenoxy) is 2. The van der Waals surface area contributed by atoms with E-state index in [-0.39, 0.29) is 18.4 Å². The Kier molecular flexibility index (Phi) is 6.50. The zero-order valence-electron chi connectivity index (χ0n) is 18.3. The lowest BCUT2D eigenvalue weighted by Crippen LogP contribution is -2.21. The first-order valence-electron chi connectivity index (χ1n) is 10.4. The van der Waals surface area contributed by atoms with Crippen molar-refractivity contribution in [3.63, 3.8) is 0 Å². The predicted octanol–water partition coefficient (Wildman–Crippen LogP) is 4.52. The molecule has 0 bridgehead atoms. The van der Waals surface area contributed by atoms with E-state index in [0.717, 1.165) is 0 Å². The summed E-state index contributed by atoms with van der Waals surface area (Å²) in [6.45, 7) is 1.56. The van der Waals surface area contributed by atoms with Crippen LogP contribution in [-0.4, -0.2) is 31.2 Å². The van der Waals surface area contributed by atoms with Crippen LogP contribution in [0.15, 0.2) is 89.5 Å². The highest BCUT2D eigenvalue weighted by atomic mass is 16.5. The van der Waals surface area contributed by atoms with E-state index in [1.807, 2.05) is 48.5 Å². The molecule has 7 heteroatoms. The van der Waals surface area contributed by atoms with Crippen LogP contribution in [0.2, 0.25) is 0 Å². The number of hydrogen-bond acceptors (Lipinski definition) is 5. The van der Waals surface area contributed by atoms with E-state index in [0.29, 0.717) is 39.7 Å². The van der Waals surface area contributed by atoms with Crippen LogP contribution in [0.3, 0.4) is 0 Å². The van der Waals surface area contributed by atoms with E-state index in [2.05, 4.69) is 10.4 Å². The summed E-state index contributed by atoms with van der Waals surface area (Å²) in [4.78, 5) is 25.4. The normalized spacial score (nSPS) is 14.2. The molecular weight excluding hydrogens is 418 g/mol. The van der Waals surface area contributed by atoms with Crippen molar-refractivity contribution < 1.29 is 19.1 Å². The Bertz CT molecular complexity index is 1220. The van der Waals surface area contributed by atoms with E-state index in [9.17, 15) is 9.59 Å². The maximum atomic E-state index is 13.1. The third-order valence-corrected chi connectivity index (χ3v) is 5.00. The van der Waals surface area contributed by atoms with Gasteiger partial charge in [-0.05, 0) is 43.3 Å². The number of carbonyl (C=O) groups is 2. The van der Waals surface area contributed by atoms with Gasteiger partial charge in [0.05, 0.1) is 24.1 Å². The lowest BCUT2D eigenvalue weighted by molar-refractivity contribution is -0.118. The van der Waals surface area contributed by atoms with Crippen LogP contribution >= 0.6 is 0 Å². The second-order valence-corrected chi connectivity index (χ2v) is 7.28. The van der Waals surface area contributed by atoms with E-state index >= 15 is 0 Å². The van der Waals surface area contributed by atoms with Gasteiger partial charge in [-0.1, -0.05) is 48.5 Å². The molecule has 1 N–H and O–H groups in total. The number of benzene rings is 3. The number of methoxy groups -OCH3 is 1. The van der Waals surface area contributed by atoms with Gasteiger partial charge in [-0.15, -0.1) is 0 Å². The fourth-order valence-electron chi connectivity index (χ4n) is 3.40. The average molecular weight is 441 g/mol. The minimum Gasteiger partial charge on any atom is -0.493 e. The summed E-state index contributed by atoms with van der Waals surface area (Å²) >= 11 is 0. The van der Waals surface area contributed by atoms with Gasteiger partial charge < -0.3 is 14.8 Å². The van der Waals surface area contributed by atoms with Crippen LogP contribution in [0, 0.1) is 0 Å². The number of amides is 2. The molecule has 0 aromatic heterocycles. The molecule has 0 atom stereocenters. The molecule has 166 valence electrons. The Morgan fingerprint density at radius 2 is 1.70 bits per heavy atom. The second kappa shape index (κ2) is 9.82. The van der Waals surface area contributed by atoms with Gasteiger partial charge in [0.1, 0.15) is 0 Å².